The standard InChI is InChI=1S/C24H38N4O3/c1-5-30-23(29)22-7-6-12-28(17-22)24(25-4)26-13-20-8-10-21(11-9-20)16-27-14-18(2)31-19(3)15-27/h8-11,18-19,22H,5-7,12-17H2,1-4H3,(H,25,26). The molecule has 0 bridgehead atoms. The molecule has 2 aliphatic heterocycles. The van der Waals surface area contributed by atoms with E-state index in [1.807, 2.05) is 6.92 Å². The van der Waals surface area contributed by atoms with Crippen molar-refractivity contribution in [3.8, 4) is 0 Å². The highest BCUT2D eigenvalue weighted by atomic mass is 16.5. The molecule has 3 atom stereocenters. The second-order valence-corrected chi connectivity index (χ2v) is 8.71. The molecule has 0 saturated carbocycles. The van der Waals surface area contributed by atoms with Crippen molar-refractivity contribution in [2.75, 3.05) is 39.8 Å². The number of nitrogens with zero attached hydrogens (tertiary/aromatic N) is 3. The molecule has 0 amide bonds. The lowest BCUT2D eigenvalue weighted by Crippen LogP contribution is -2.48. The number of nitrogens with one attached hydrogen (secondary N) is 1. The summed E-state index contributed by atoms with van der Waals surface area (Å²) in [5.41, 5.74) is 2.54. The number of rotatable bonds is 6. The SMILES string of the molecule is CCOC(=O)C1CCCN(C(=NC)NCc2ccc(CN3CC(C)OC(C)C3)cc2)C1. The first-order chi connectivity index (χ1) is 15.0. The molecule has 3 unspecified atom stereocenters. The Bertz CT molecular complexity index is 727. The molecule has 1 aromatic carbocycles. The molecule has 3 rings (SSSR count). The molecule has 7 heteroatoms. The second-order valence-electron chi connectivity index (χ2n) is 8.71. The van der Waals surface area contributed by atoms with Gasteiger partial charge in [-0.1, -0.05) is 24.3 Å². The van der Waals surface area contributed by atoms with Crippen LogP contribution in [0.5, 0.6) is 0 Å². The molecule has 2 aliphatic rings. The molecular formula is C24H38N4O3. The predicted molar refractivity (Wildman–Crippen MR) is 123 cm³/mol. The maximum absolute atomic E-state index is 12.1. The van der Waals surface area contributed by atoms with Gasteiger partial charge in [0, 0.05) is 46.3 Å². The average molecular weight is 431 g/mol. The van der Waals surface area contributed by atoms with Gasteiger partial charge in [-0.25, -0.2) is 0 Å². The largest absolute Gasteiger partial charge is 0.466 e. The number of piperidine rings is 1. The summed E-state index contributed by atoms with van der Waals surface area (Å²) in [7, 11) is 1.80. The molecule has 1 N–H and O–H groups in total. The number of aliphatic imine (C=N–C) groups is 1. The Morgan fingerprint density at radius 1 is 1.16 bits per heavy atom. The fraction of sp³-hybridized carbons (Fsp3) is 0.667. The zero-order valence-electron chi connectivity index (χ0n) is 19.5. The zero-order chi connectivity index (χ0) is 22.2. The smallest absolute Gasteiger partial charge is 0.310 e. The Morgan fingerprint density at radius 3 is 2.48 bits per heavy atom. The van der Waals surface area contributed by atoms with E-state index in [1.165, 1.54) is 11.1 Å². The van der Waals surface area contributed by atoms with Gasteiger partial charge in [-0.2, -0.15) is 0 Å². The fourth-order valence-corrected chi connectivity index (χ4v) is 4.57. The van der Waals surface area contributed by atoms with Crippen LogP contribution in [0.2, 0.25) is 0 Å². The third-order valence-electron chi connectivity index (χ3n) is 5.93. The van der Waals surface area contributed by atoms with Crippen molar-refractivity contribution in [3.63, 3.8) is 0 Å². The highest BCUT2D eigenvalue weighted by molar-refractivity contribution is 5.81. The van der Waals surface area contributed by atoms with Gasteiger partial charge in [-0.3, -0.25) is 14.7 Å². The van der Waals surface area contributed by atoms with Crippen LogP contribution in [0, 0.1) is 5.92 Å². The quantitative estimate of drug-likeness (QED) is 0.425. The summed E-state index contributed by atoms with van der Waals surface area (Å²) in [6.45, 7) is 11.8. The first-order valence-corrected chi connectivity index (χ1v) is 11.6. The lowest BCUT2D eigenvalue weighted by molar-refractivity contribution is -0.149. The Labute approximate surface area is 186 Å². The van der Waals surface area contributed by atoms with Crippen molar-refractivity contribution in [1.82, 2.24) is 15.1 Å². The Hall–Kier alpha value is -2.12. The third-order valence-corrected chi connectivity index (χ3v) is 5.93. The van der Waals surface area contributed by atoms with Crippen LogP contribution < -0.4 is 5.32 Å². The number of hydrogen-bond acceptors (Lipinski definition) is 5. The fourth-order valence-electron chi connectivity index (χ4n) is 4.57. The molecular weight excluding hydrogens is 392 g/mol. The van der Waals surface area contributed by atoms with Gasteiger partial charge in [-0.05, 0) is 44.7 Å². The molecule has 0 spiro atoms. The van der Waals surface area contributed by atoms with Crippen LogP contribution in [-0.4, -0.2) is 73.8 Å². The maximum Gasteiger partial charge on any atom is 0.310 e. The number of morpholine rings is 1. The molecule has 2 fully saturated rings. The summed E-state index contributed by atoms with van der Waals surface area (Å²) in [5.74, 6) is 0.675. The molecule has 31 heavy (non-hydrogen) atoms. The summed E-state index contributed by atoms with van der Waals surface area (Å²) >= 11 is 0. The number of likely N-dealkylation sites (tertiary alicyclic amines) is 1. The maximum atomic E-state index is 12.1. The normalized spacial score (nSPS) is 25.4. The topological polar surface area (TPSA) is 66.4 Å². The van der Waals surface area contributed by atoms with E-state index < -0.39 is 0 Å². The van der Waals surface area contributed by atoms with Gasteiger partial charge in [0.15, 0.2) is 5.96 Å². The van der Waals surface area contributed by atoms with Crippen molar-refractivity contribution < 1.29 is 14.3 Å². The van der Waals surface area contributed by atoms with Gasteiger partial charge in [0.1, 0.15) is 0 Å². The van der Waals surface area contributed by atoms with E-state index in [2.05, 4.69) is 58.2 Å². The summed E-state index contributed by atoms with van der Waals surface area (Å²) in [5, 5.41) is 3.46. The van der Waals surface area contributed by atoms with Crippen LogP contribution in [0.25, 0.3) is 0 Å². The molecule has 2 saturated heterocycles. The monoisotopic (exact) mass is 430 g/mol. The minimum atomic E-state index is -0.0951. The minimum Gasteiger partial charge on any atom is -0.466 e. The van der Waals surface area contributed by atoms with Gasteiger partial charge < -0.3 is 19.7 Å². The van der Waals surface area contributed by atoms with Gasteiger partial charge in [0.2, 0.25) is 0 Å². The second kappa shape index (κ2) is 11.5. The average Bonchev–Trinajstić information content (AvgIpc) is 2.75. The predicted octanol–water partition coefficient (Wildman–Crippen LogP) is 2.65. The van der Waals surface area contributed by atoms with Crippen LogP contribution in [0.4, 0.5) is 0 Å². The number of hydrogen-bond donors (Lipinski definition) is 1. The summed E-state index contributed by atoms with van der Waals surface area (Å²) in [4.78, 5) is 21.2. The van der Waals surface area contributed by atoms with Crippen LogP contribution in [0.15, 0.2) is 29.3 Å². The first kappa shape index (κ1) is 23.5. The van der Waals surface area contributed by atoms with Crippen LogP contribution in [0.3, 0.4) is 0 Å². The Kier molecular flexibility index (Phi) is 8.72. The van der Waals surface area contributed by atoms with Gasteiger partial charge in [0.25, 0.3) is 0 Å². The van der Waals surface area contributed by atoms with Crippen molar-refractivity contribution >= 4 is 11.9 Å². The molecule has 0 aromatic heterocycles. The molecule has 172 valence electrons. The lowest BCUT2D eigenvalue weighted by Gasteiger charge is -2.35. The minimum absolute atomic E-state index is 0.0721. The van der Waals surface area contributed by atoms with Gasteiger partial charge in [-0.15, -0.1) is 0 Å². The molecule has 0 radical (unpaired) electrons. The highest BCUT2D eigenvalue weighted by Gasteiger charge is 2.28. The Balaban J connectivity index is 1.50. The van der Waals surface area contributed by atoms with Crippen molar-refractivity contribution in [2.45, 2.75) is 58.9 Å². The van der Waals surface area contributed by atoms with E-state index in [-0.39, 0.29) is 24.1 Å². The van der Waals surface area contributed by atoms with Crippen molar-refractivity contribution in [1.29, 1.82) is 0 Å². The summed E-state index contributed by atoms with van der Waals surface area (Å²) in [6.07, 6.45) is 2.43. The van der Waals surface area contributed by atoms with Crippen LogP contribution >= 0.6 is 0 Å². The van der Waals surface area contributed by atoms with Gasteiger partial charge >= 0.3 is 5.97 Å². The van der Waals surface area contributed by atoms with Gasteiger partial charge in [0.05, 0.1) is 24.7 Å². The lowest BCUT2D eigenvalue weighted by atomic mass is 9.98. The van der Waals surface area contributed by atoms with E-state index in [4.69, 9.17) is 9.47 Å². The number of esters is 1. The first-order valence-electron chi connectivity index (χ1n) is 11.6. The Morgan fingerprint density at radius 2 is 1.84 bits per heavy atom. The van der Waals surface area contributed by atoms with Crippen molar-refractivity contribution in [2.24, 2.45) is 10.9 Å². The van der Waals surface area contributed by atoms with E-state index in [1.54, 1.807) is 7.05 Å². The molecule has 1 aromatic rings. The van der Waals surface area contributed by atoms with E-state index in [9.17, 15) is 4.79 Å². The van der Waals surface area contributed by atoms with Crippen LogP contribution in [0.1, 0.15) is 44.7 Å². The van der Waals surface area contributed by atoms with Crippen molar-refractivity contribution in [3.05, 3.63) is 35.4 Å². The number of ether oxygens (including phenoxy) is 2. The van der Waals surface area contributed by atoms with E-state index in [0.29, 0.717) is 19.7 Å². The highest BCUT2D eigenvalue weighted by Crippen LogP contribution is 2.18. The number of guanidine groups is 1. The molecule has 7 nitrogen and oxygen atoms in total. The third kappa shape index (κ3) is 6.94. The summed E-state index contributed by atoms with van der Waals surface area (Å²) < 4.78 is 11.0. The van der Waals surface area contributed by atoms with Crippen LogP contribution in [-0.2, 0) is 27.4 Å². The molecule has 2 heterocycles. The number of benzene rings is 1. The molecule has 0 aliphatic carbocycles. The van der Waals surface area contributed by atoms with E-state index >= 15 is 0 Å². The summed E-state index contributed by atoms with van der Waals surface area (Å²) in [6, 6.07) is 8.78. The number of carbonyl (C=O) groups is 1. The number of carbonyl (C=O) groups excluding carboxylic acids is 1. The zero-order valence-corrected chi connectivity index (χ0v) is 19.5. The van der Waals surface area contributed by atoms with E-state index in [0.717, 1.165) is 45.0 Å².